The van der Waals surface area contributed by atoms with Gasteiger partial charge in [-0.2, -0.15) is 25.3 Å². The molecule has 9 N–H and O–H groups in total. The number of rotatable bonds is 14. The number of aromatic amines is 1. The first kappa shape index (κ1) is 29.0. The normalized spacial score (nSPS) is 14.3. The quantitative estimate of drug-likeness (QED) is 0.133. The van der Waals surface area contributed by atoms with Gasteiger partial charge in [-0.1, -0.05) is 18.2 Å². The Kier molecular flexibility index (Phi) is 11.1. The van der Waals surface area contributed by atoms with Crippen molar-refractivity contribution in [1.82, 2.24) is 20.9 Å². The molecule has 0 aliphatic heterocycles. The highest BCUT2D eigenvalue weighted by Crippen LogP contribution is 2.19. The Labute approximate surface area is 218 Å². The van der Waals surface area contributed by atoms with Crippen molar-refractivity contribution in [1.29, 1.82) is 0 Å². The predicted molar refractivity (Wildman–Crippen MR) is 140 cm³/mol. The highest BCUT2D eigenvalue weighted by molar-refractivity contribution is 7.80. The standard InChI is InChI=1S/C22H30N6O6S2/c23-13(9-35)19(30)28-17(10-36)21(32)27-16(7-11-8-25-14-4-2-1-3-12(11)14)20(31)26-15(22(33)34)5-6-18(24)29/h1-4,8,13,15-17,25,35-36H,5-7,9-10,23H2,(H2,24,29)(H,26,31)(H,27,32)(H,28,30)(H,33,34). The number of amides is 4. The molecule has 12 nitrogen and oxygen atoms in total. The number of carbonyl (C=O) groups excluding carboxylic acids is 4. The number of hydrogen-bond donors (Lipinski definition) is 9. The van der Waals surface area contributed by atoms with Crippen LogP contribution < -0.4 is 27.4 Å². The first-order chi connectivity index (χ1) is 17.1. The number of H-pyrrole nitrogens is 1. The first-order valence-corrected chi connectivity index (χ1v) is 12.3. The number of carboxylic acids is 1. The fraction of sp³-hybridized carbons (Fsp3) is 0.409. The third kappa shape index (κ3) is 8.17. The summed E-state index contributed by atoms with van der Waals surface area (Å²) in [5.74, 6) is -4.23. The van der Waals surface area contributed by atoms with Gasteiger partial charge in [0.05, 0.1) is 6.04 Å². The second-order valence-corrected chi connectivity index (χ2v) is 8.79. The molecule has 0 saturated heterocycles. The number of nitrogens with two attached hydrogens (primary N) is 2. The number of para-hydroxylation sites is 1. The number of fused-ring (bicyclic) bond motifs is 1. The van der Waals surface area contributed by atoms with Crippen LogP contribution in [-0.4, -0.2) is 75.4 Å². The summed E-state index contributed by atoms with van der Waals surface area (Å²) in [4.78, 5) is 64.0. The van der Waals surface area contributed by atoms with Crippen molar-refractivity contribution >= 4 is 65.8 Å². The summed E-state index contributed by atoms with van der Waals surface area (Å²) in [7, 11) is 0. The first-order valence-electron chi connectivity index (χ1n) is 11.0. The van der Waals surface area contributed by atoms with Crippen LogP contribution in [0.15, 0.2) is 30.5 Å². The zero-order valence-corrected chi connectivity index (χ0v) is 21.1. The molecule has 0 radical (unpaired) electrons. The van der Waals surface area contributed by atoms with Crippen molar-refractivity contribution in [3.8, 4) is 0 Å². The minimum atomic E-state index is -1.40. The second kappa shape index (κ2) is 13.8. The molecule has 4 amide bonds. The van der Waals surface area contributed by atoms with E-state index in [9.17, 15) is 29.1 Å². The third-order valence-corrected chi connectivity index (χ3v) is 6.13. The molecular formula is C22H30N6O6S2. The lowest BCUT2D eigenvalue weighted by atomic mass is 10.0. The Hall–Kier alpha value is -3.23. The van der Waals surface area contributed by atoms with Crippen molar-refractivity contribution in [2.75, 3.05) is 11.5 Å². The maximum absolute atomic E-state index is 13.1. The number of primary amides is 1. The van der Waals surface area contributed by atoms with Crippen LogP contribution in [0.1, 0.15) is 18.4 Å². The molecule has 14 heteroatoms. The Morgan fingerprint density at radius 2 is 1.53 bits per heavy atom. The number of thiol groups is 2. The van der Waals surface area contributed by atoms with Gasteiger partial charge in [-0.05, 0) is 18.1 Å². The smallest absolute Gasteiger partial charge is 0.326 e. The number of hydrogen-bond acceptors (Lipinski definition) is 8. The highest BCUT2D eigenvalue weighted by atomic mass is 32.1. The number of benzene rings is 1. The molecule has 0 aliphatic carbocycles. The molecule has 2 aromatic rings. The Morgan fingerprint density at radius 1 is 0.917 bits per heavy atom. The van der Waals surface area contributed by atoms with Crippen molar-refractivity contribution in [2.45, 2.75) is 43.4 Å². The molecule has 0 fully saturated rings. The Bertz CT molecular complexity index is 1110. The van der Waals surface area contributed by atoms with Crippen molar-refractivity contribution in [3.05, 3.63) is 36.0 Å². The van der Waals surface area contributed by atoms with E-state index < -0.39 is 53.8 Å². The van der Waals surface area contributed by atoms with E-state index >= 15 is 0 Å². The molecule has 36 heavy (non-hydrogen) atoms. The van der Waals surface area contributed by atoms with E-state index in [2.05, 4.69) is 46.2 Å². The maximum atomic E-state index is 13.1. The summed E-state index contributed by atoms with van der Waals surface area (Å²) in [5, 5.41) is 17.7. The van der Waals surface area contributed by atoms with E-state index in [-0.39, 0.29) is 30.8 Å². The summed E-state index contributed by atoms with van der Waals surface area (Å²) < 4.78 is 0. The number of aromatic nitrogens is 1. The van der Waals surface area contributed by atoms with Gasteiger partial charge >= 0.3 is 5.97 Å². The van der Waals surface area contributed by atoms with Gasteiger partial charge in [-0.15, -0.1) is 0 Å². The lowest BCUT2D eigenvalue weighted by Gasteiger charge is -2.24. The molecule has 2 rings (SSSR count). The van der Waals surface area contributed by atoms with Crippen molar-refractivity contribution in [2.24, 2.45) is 11.5 Å². The minimum Gasteiger partial charge on any atom is -0.480 e. The second-order valence-electron chi connectivity index (χ2n) is 8.06. The largest absolute Gasteiger partial charge is 0.480 e. The van der Waals surface area contributed by atoms with E-state index in [0.29, 0.717) is 5.56 Å². The van der Waals surface area contributed by atoms with Crippen molar-refractivity contribution < 1.29 is 29.1 Å². The fourth-order valence-corrected chi connectivity index (χ4v) is 3.80. The Morgan fingerprint density at radius 3 is 2.14 bits per heavy atom. The van der Waals surface area contributed by atoms with Crippen LogP contribution in [0.25, 0.3) is 10.9 Å². The number of nitrogens with one attached hydrogen (secondary N) is 4. The van der Waals surface area contributed by atoms with Gasteiger partial charge in [0, 0.05) is 41.4 Å². The molecule has 4 atom stereocenters. The topological polar surface area (TPSA) is 209 Å². The van der Waals surface area contributed by atoms with Gasteiger partial charge in [0.25, 0.3) is 0 Å². The van der Waals surface area contributed by atoms with Gasteiger partial charge in [-0.25, -0.2) is 4.79 Å². The van der Waals surface area contributed by atoms with Gasteiger partial charge in [0.15, 0.2) is 0 Å². The van der Waals surface area contributed by atoms with E-state index in [1.54, 1.807) is 6.20 Å². The molecule has 0 aliphatic rings. The average molecular weight is 539 g/mol. The van der Waals surface area contributed by atoms with Crippen LogP contribution in [0.5, 0.6) is 0 Å². The molecule has 1 aromatic carbocycles. The highest BCUT2D eigenvalue weighted by Gasteiger charge is 2.30. The summed E-state index contributed by atoms with van der Waals surface area (Å²) >= 11 is 8.06. The SMILES string of the molecule is NC(=O)CCC(NC(=O)C(Cc1c[nH]c2ccccc12)NC(=O)C(CS)NC(=O)C(N)CS)C(=O)O. The van der Waals surface area contributed by atoms with Crippen LogP contribution in [0.2, 0.25) is 0 Å². The molecule has 0 spiro atoms. The number of carbonyl (C=O) groups is 5. The van der Waals surface area contributed by atoms with Gasteiger partial charge in [0.2, 0.25) is 23.6 Å². The molecule has 0 saturated carbocycles. The molecule has 196 valence electrons. The summed E-state index contributed by atoms with van der Waals surface area (Å²) in [5.41, 5.74) is 12.2. The van der Waals surface area contributed by atoms with Gasteiger partial charge in [0.1, 0.15) is 18.1 Å². The van der Waals surface area contributed by atoms with E-state index in [0.717, 1.165) is 10.9 Å². The Balaban J connectivity index is 2.27. The summed E-state index contributed by atoms with van der Waals surface area (Å²) in [6.07, 6.45) is 1.21. The van der Waals surface area contributed by atoms with Crippen LogP contribution in [0, 0.1) is 0 Å². The van der Waals surface area contributed by atoms with Crippen LogP contribution in [0.3, 0.4) is 0 Å². The van der Waals surface area contributed by atoms with Gasteiger partial charge in [-0.3, -0.25) is 19.2 Å². The fourth-order valence-electron chi connectivity index (χ4n) is 3.37. The van der Waals surface area contributed by atoms with E-state index in [1.807, 2.05) is 24.3 Å². The van der Waals surface area contributed by atoms with Crippen molar-refractivity contribution in [3.63, 3.8) is 0 Å². The molecule has 4 unspecified atom stereocenters. The summed E-state index contributed by atoms with van der Waals surface area (Å²) in [6, 6.07) is 2.64. The average Bonchev–Trinajstić information content (AvgIpc) is 3.26. The van der Waals surface area contributed by atoms with Crippen LogP contribution in [-0.2, 0) is 30.4 Å². The monoisotopic (exact) mass is 538 g/mol. The molecule has 0 bridgehead atoms. The van der Waals surface area contributed by atoms with Crippen LogP contribution in [0.4, 0.5) is 0 Å². The number of aliphatic carboxylic acids is 1. The lowest BCUT2D eigenvalue weighted by Crippen LogP contribution is -2.58. The molecule has 1 aromatic heterocycles. The van der Waals surface area contributed by atoms with E-state index in [4.69, 9.17) is 11.5 Å². The molecule has 1 heterocycles. The van der Waals surface area contributed by atoms with E-state index in [1.165, 1.54) is 0 Å². The maximum Gasteiger partial charge on any atom is 0.326 e. The molecular weight excluding hydrogens is 508 g/mol. The lowest BCUT2D eigenvalue weighted by molar-refractivity contribution is -0.142. The zero-order valence-electron chi connectivity index (χ0n) is 19.3. The zero-order chi connectivity index (χ0) is 26.8. The number of carboxylic acid groups (broad SMARTS) is 1. The summed E-state index contributed by atoms with van der Waals surface area (Å²) in [6.45, 7) is 0. The van der Waals surface area contributed by atoms with Crippen LogP contribution >= 0.6 is 25.3 Å². The predicted octanol–water partition coefficient (Wildman–Crippen LogP) is -1.30. The van der Waals surface area contributed by atoms with Gasteiger partial charge < -0.3 is 37.5 Å². The minimum absolute atomic E-state index is 0.00708. The third-order valence-electron chi connectivity index (χ3n) is 5.37.